The third kappa shape index (κ3) is 4.06. The smallest absolute Gasteiger partial charge is 0.123 e. The molecule has 1 nitrogen and oxygen atoms in total. The normalized spacial score (nSPS) is 18.8. The van der Waals surface area contributed by atoms with Gasteiger partial charge < -0.3 is 4.74 Å². The van der Waals surface area contributed by atoms with E-state index in [1.807, 2.05) is 6.07 Å². The Hall–Kier alpha value is -0.410. The topological polar surface area (TPSA) is 9.23 Å². The standard InChI is InChI=1S/C15H20BrFO/c16-10-15(13-7-4-8-14(17)9-13)18-11-12-5-2-1-3-6-12/h4,7-9,12,15H,1-3,5-6,10-11H2. The van der Waals surface area contributed by atoms with Gasteiger partial charge in [-0.25, -0.2) is 4.39 Å². The van der Waals surface area contributed by atoms with Gasteiger partial charge >= 0.3 is 0 Å². The van der Waals surface area contributed by atoms with Crippen LogP contribution in [-0.2, 0) is 4.74 Å². The third-order valence-electron chi connectivity index (χ3n) is 3.62. The lowest BCUT2D eigenvalue weighted by atomic mass is 9.90. The monoisotopic (exact) mass is 314 g/mol. The van der Waals surface area contributed by atoms with Crippen LogP contribution in [0.1, 0.15) is 43.8 Å². The highest BCUT2D eigenvalue weighted by molar-refractivity contribution is 9.09. The highest BCUT2D eigenvalue weighted by Crippen LogP contribution is 2.27. The molecule has 100 valence electrons. The van der Waals surface area contributed by atoms with Gasteiger partial charge in [-0.15, -0.1) is 0 Å². The molecule has 0 heterocycles. The lowest BCUT2D eigenvalue weighted by Crippen LogP contribution is -2.16. The maximum atomic E-state index is 13.2. The Labute approximate surface area is 117 Å². The molecule has 0 amide bonds. The van der Waals surface area contributed by atoms with Crippen LogP contribution in [0.4, 0.5) is 4.39 Å². The van der Waals surface area contributed by atoms with Gasteiger partial charge in [0.25, 0.3) is 0 Å². The second-order valence-electron chi connectivity index (χ2n) is 5.04. The molecule has 1 unspecified atom stereocenters. The van der Waals surface area contributed by atoms with E-state index in [0.717, 1.165) is 12.2 Å². The van der Waals surface area contributed by atoms with E-state index in [0.29, 0.717) is 11.2 Å². The van der Waals surface area contributed by atoms with E-state index < -0.39 is 0 Å². The van der Waals surface area contributed by atoms with Crippen molar-refractivity contribution < 1.29 is 9.13 Å². The van der Waals surface area contributed by atoms with Crippen LogP contribution in [0.2, 0.25) is 0 Å². The van der Waals surface area contributed by atoms with Crippen molar-refractivity contribution >= 4 is 15.9 Å². The van der Waals surface area contributed by atoms with Gasteiger partial charge in [-0.1, -0.05) is 47.3 Å². The first-order valence-corrected chi connectivity index (χ1v) is 7.85. The van der Waals surface area contributed by atoms with E-state index in [4.69, 9.17) is 4.74 Å². The molecule has 0 radical (unpaired) electrons. The van der Waals surface area contributed by atoms with Crippen molar-refractivity contribution in [3.63, 3.8) is 0 Å². The second-order valence-corrected chi connectivity index (χ2v) is 5.68. The predicted molar refractivity (Wildman–Crippen MR) is 75.5 cm³/mol. The Kier molecular flexibility index (Phi) is 5.64. The van der Waals surface area contributed by atoms with Gasteiger partial charge in [0, 0.05) is 5.33 Å². The number of benzene rings is 1. The fraction of sp³-hybridized carbons (Fsp3) is 0.600. The van der Waals surface area contributed by atoms with Crippen LogP contribution >= 0.6 is 15.9 Å². The van der Waals surface area contributed by atoms with Gasteiger partial charge in [-0.2, -0.15) is 0 Å². The number of hydrogen-bond acceptors (Lipinski definition) is 1. The van der Waals surface area contributed by atoms with Crippen LogP contribution in [0.5, 0.6) is 0 Å². The minimum Gasteiger partial charge on any atom is -0.372 e. The molecule has 1 aromatic rings. The Morgan fingerprint density at radius 2 is 2.06 bits per heavy atom. The van der Waals surface area contributed by atoms with E-state index in [1.165, 1.54) is 38.2 Å². The molecule has 0 saturated heterocycles. The van der Waals surface area contributed by atoms with Crippen molar-refractivity contribution in [1.29, 1.82) is 0 Å². The second kappa shape index (κ2) is 7.25. The number of ether oxygens (including phenoxy) is 1. The summed E-state index contributed by atoms with van der Waals surface area (Å²) in [5.74, 6) is 0.494. The molecule has 2 rings (SSSR count). The van der Waals surface area contributed by atoms with Gasteiger partial charge in [0.1, 0.15) is 5.82 Å². The number of halogens is 2. The Morgan fingerprint density at radius 1 is 1.28 bits per heavy atom. The molecule has 1 saturated carbocycles. The van der Waals surface area contributed by atoms with E-state index in [1.54, 1.807) is 12.1 Å². The van der Waals surface area contributed by atoms with Crippen molar-refractivity contribution in [2.24, 2.45) is 5.92 Å². The summed E-state index contributed by atoms with van der Waals surface area (Å²) >= 11 is 3.45. The summed E-state index contributed by atoms with van der Waals surface area (Å²) in [6.45, 7) is 0.798. The Balaban J connectivity index is 1.88. The molecule has 1 aliphatic carbocycles. The van der Waals surface area contributed by atoms with Crippen LogP contribution in [0, 0.1) is 11.7 Å². The Bertz CT molecular complexity index is 363. The van der Waals surface area contributed by atoms with Gasteiger partial charge in [-0.05, 0) is 36.5 Å². The van der Waals surface area contributed by atoms with Gasteiger partial charge in [0.2, 0.25) is 0 Å². The molecule has 3 heteroatoms. The third-order valence-corrected chi connectivity index (χ3v) is 4.21. The van der Waals surface area contributed by atoms with E-state index >= 15 is 0 Å². The highest BCUT2D eigenvalue weighted by atomic mass is 79.9. The van der Waals surface area contributed by atoms with E-state index in [-0.39, 0.29) is 11.9 Å². The largest absolute Gasteiger partial charge is 0.372 e. The molecule has 0 aromatic heterocycles. The number of alkyl halides is 1. The Morgan fingerprint density at radius 3 is 2.72 bits per heavy atom. The molecule has 0 aliphatic heterocycles. The van der Waals surface area contributed by atoms with Crippen LogP contribution in [0.3, 0.4) is 0 Å². The molecular formula is C15H20BrFO. The lowest BCUT2D eigenvalue weighted by Gasteiger charge is -2.24. The fourth-order valence-electron chi connectivity index (χ4n) is 2.54. The van der Waals surface area contributed by atoms with Crippen LogP contribution in [-0.4, -0.2) is 11.9 Å². The zero-order chi connectivity index (χ0) is 12.8. The van der Waals surface area contributed by atoms with Crippen molar-refractivity contribution in [2.75, 3.05) is 11.9 Å². The number of hydrogen-bond donors (Lipinski definition) is 0. The van der Waals surface area contributed by atoms with Gasteiger partial charge in [0.15, 0.2) is 0 Å². The maximum absolute atomic E-state index is 13.2. The molecule has 1 atom stereocenters. The minimum atomic E-state index is -0.195. The first kappa shape index (κ1) is 14.0. The predicted octanol–water partition coefficient (Wildman–Crippen LogP) is 4.86. The lowest BCUT2D eigenvalue weighted by molar-refractivity contribution is 0.0334. The molecule has 0 bridgehead atoms. The summed E-state index contributed by atoms with van der Waals surface area (Å²) in [6.07, 6.45) is 6.53. The first-order valence-electron chi connectivity index (χ1n) is 6.72. The molecular weight excluding hydrogens is 295 g/mol. The van der Waals surface area contributed by atoms with Crippen molar-refractivity contribution in [3.8, 4) is 0 Å². The van der Waals surface area contributed by atoms with Crippen LogP contribution in [0.15, 0.2) is 24.3 Å². The quantitative estimate of drug-likeness (QED) is 0.705. The van der Waals surface area contributed by atoms with Gasteiger partial charge in [0.05, 0.1) is 12.7 Å². The average molecular weight is 315 g/mol. The summed E-state index contributed by atoms with van der Waals surface area (Å²) in [5.41, 5.74) is 0.919. The van der Waals surface area contributed by atoms with Crippen molar-refractivity contribution in [2.45, 2.75) is 38.2 Å². The molecule has 1 aromatic carbocycles. The first-order chi connectivity index (χ1) is 8.79. The van der Waals surface area contributed by atoms with Crippen molar-refractivity contribution in [1.82, 2.24) is 0 Å². The van der Waals surface area contributed by atoms with Gasteiger partial charge in [-0.3, -0.25) is 0 Å². The van der Waals surface area contributed by atoms with E-state index in [2.05, 4.69) is 15.9 Å². The zero-order valence-electron chi connectivity index (χ0n) is 10.6. The average Bonchev–Trinajstić information content (AvgIpc) is 2.41. The summed E-state index contributed by atoms with van der Waals surface area (Å²) in [7, 11) is 0. The van der Waals surface area contributed by atoms with E-state index in [9.17, 15) is 4.39 Å². The number of rotatable bonds is 5. The van der Waals surface area contributed by atoms with Crippen molar-refractivity contribution in [3.05, 3.63) is 35.6 Å². The van der Waals surface area contributed by atoms with Crippen LogP contribution < -0.4 is 0 Å². The highest BCUT2D eigenvalue weighted by Gasteiger charge is 2.17. The maximum Gasteiger partial charge on any atom is 0.123 e. The van der Waals surface area contributed by atoms with Crippen LogP contribution in [0.25, 0.3) is 0 Å². The SMILES string of the molecule is Fc1cccc(C(CBr)OCC2CCCCC2)c1. The molecule has 1 fully saturated rings. The fourth-order valence-corrected chi connectivity index (χ4v) is 3.10. The molecule has 1 aliphatic rings. The molecule has 0 N–H and O–H groups in total. The zero-order valence-corrected chi connectivity index (χ0v) is 12.2. The summed E-state index contributed by atoms with van der Waals surface area (Å²) in [6, 6.07) is 6.70. The summed E-state index contributed by atoms with van der Waals surface area (Å²) in [5, 5.41) is 0.711. The minimum absolute atomic E-state index is 0.0392. The molecule has 18 heavy (non-hydrogen) atoms. The molecule has 0 spiro atoms. The summed E-state index contributed by atoms with van der Waals surface area (Å²) in [4.78, 5) is 0. The summed E-state index contributed by atoms with van der Waals surface area (Å²) < 4.78 is 19.1.